The average molecular weight is 270 g/mol. The number of hydrogen-bond donors (Lipinski definition) is 1. The molecule has 0 heterocycles. The van der Waals surface area contributed by atoms with Gasteiger partial charge in [-0.05, 0) is 37.5 Å². The molecule has 1 aromatic rings. The lowest BCUT2D eigenvalue weighted by Crippen LogP contribution is -2.41. The zero-order valence-electron chi connectivity index (χ0n) is 11.1. The zero-order chi connectivity index (χ0) is 13.7. The maximum atomic E-state index is 11.3. The molecule has 0 amide bonds. The van der Waals surface area contributed by atoms with E-state index in [0.717, 1.165) is 17.7 Å². The molecule has 3 nitrogen and oxygen atoms in total. The molecule has 0 aliphatic heterocycles. The van der Waals surface area contributed by atoms with Crippen molar-refractivity contribution in [1.29, 1.82) is 0 Å². The van der Waals surface area contributed by atoms with Gasteiger partial charge in [0, 0.05) is 17.3 Å². The lowest BCUT2D eigenvalue weighted by molar-refractivity contribution is -0.138. The van der Waals surface area contributed by atoms with Crippen LogP contribution in [0.25, 0.3) is 0 Å². The Labute approximate surface area is 113 Å². The van der Waals surface area contributed by atoms with Crippen molar-refractivity contribution in [3.63, 3.8) is 0 Å². The molecule has 0 aliphatic carbocycles. The minimum atomic E-state index is -0.789. The lowest BCUT2D eigenvalue weighted by atomic mass is 10.1. The van der Waals surface area contributed by atoms with Gasteiger partial charge in [0.15, 0.2) is 0 Å². The molecule has 1 atom stereocenters. The van der Waals surface area contributed by atoms with Crippen molar-refractivity contribution in [3.8, 4) is 0 Å². The highest BCUT2D eigenvalue weighted by molar-refractivity contribution is 6.31. The van der Waals surface area contributed by atoms with Crippen LogP contribution >= 0.6 is 11.6 Å². The first-order valence-corrected chi connectivity index (χ1v) is 6.64. The fourth-order valence-electron chi connectivity index (χ4n) is 1.99. The number of nitrogens with zero attached hydrogens (tertiary/aromatic N) is 1. The molecular weight excluding hydrogens is 250 g/mol. The van der Waals surface area contributed by atoms with Gasteiger partial charge in [-0.2, -0.15) is 0 Å². The number of benzene rings is 1. The monoisotopic (exact) mass is 269 g/mol. The summed E-state index contributed by atoms with van der Waals surface area (Å²) in [5.74, 6) is -0.789. The molecule has 100 valence electrons. The summed E-state index contributed by atoms with van der Waals surface area (Å²) in [6, 6.07) is 5.21. The van der Waals surface area contributed by atoms with E-state index in [1.165, 1.54) is 0 Å². The third kappa shape index (κ3) is 3.39. The highest BCUT2D eigenvalue weighted by atomic mass is 35.5. The molecule has 0 aromatic heterocycles. The quantitative estimate of drug-likeness (QED) is 0.855. The molecular formula is C14H20ClNO2. The van der Waals surface area contributed by atoms with Crippen LogP contribution in [0.1, 0.15) is 32.3 Å². The maximum Gasteiger partial charge on any atom is 0.326 e. The minimum absolute atomic E-state index is 0.497. The number of carboxylic acids is 1. The van der Waals surface area contributed by atoms with Crippen LogP contribution in [0.5, 0.6) is 0 Å². The van der Waals surface area contributed by atoms with Crippen LogP contribution in [0.3, 0.4) is 0 Å². The predicted octanol–water partition coefficient (Wildman–Crippen LogP) is 3.73. The first-order chi connectivity index (χ1) is 8.51. The molecule has 0 saturated carbocycles. The van der Waals surface area contributed by atoms with Gasteiger partial charge in [-0.15, -0.1) is 0 Å². The second kappa shape index (κ2) is 6.64. The van der Waals surface area contributed by atoms with E-state index in [1.54, 1.807) is 0 Å². The summed E-state index contributed by atoms with van der Waals surface area (Å²) in [6.07, 6.45) is 1.47. The molecule has 1 N–H and O–H groups in total. The fourth-order valence-corrected chi connectivity index (χ4v) is 2.17. The topological polar surface area (TPSA) is 40.5 Å². The Bertz CT molecular complexity index is 420. The molecule has 1 aromatic carbocycles. The first kappa shape index (κ1) is 14.8. The number of aryl methyl sites for hydroxylation is 1. The first-order valence-electron chi connectivity index (χ1n) is 6.26. The van der Waals surface area contributed by atoms with Crippen molar-refractivity contribution < 1.29 is 9.90 Å². The van der Waals surface area contributed by atoms with Crippen molar-refractivity contribution in [1.82, 2.24) is 0 Å². The third-order valence-electron chi connectivity index (χ3n) is 3.00. The van der Waals surface area contributed by atoms with E-state index >= 15 is 0 Å². The molecule has 0 radical (unpaired) electrons. The van der Waals surface area contributed by atoms with Gasteiger partial charge in [-0.1, -0.05) is 31.5 Å². The summed E-state index contributed by atoms with van der Waals surface area (Å²) in [5, 5.41) is 9.96. The summed E-state index contributed by atoms with van der Waals surface area (Å²) < 4.78 is 0. The molecule has 0 aliphatic rings. The van der Waals surface area contributed by atoms with Gasteiger partial charge in [0.05, 0.1) is 0 Å². The van der Waals surface area contributed by atoms with Crippen molar-refractivity contribution in [3.05, 3.63) is 28.8 Å². The Kier molecular flexibility index (Phi) is 5.48. The number of carboxylic acid groups (broad SMARTS) is 1. The Balaban J connectivity index is 3.10. The Morgan fingerprint density at radius 1 is 1.44 bits per heavy atom. The van der Waals surface area contributed by atoms with Gasteiger partial charge in [0.1, 0.15) is 6.04 Å². The Morgan fingerprint density at radius 3 is 2.56 bits per heavy atom. The van der Waals surface area contributed by atoms with Crippen molar-refractivity contribution in [2.75, 3.05) is 11.4 Å². The molecule has 0 spiro atoms. The van der Waals surface area contributed by atoms with Crippen molar-refractivity contribution >= 4 is 23.3 Å². The van der Waals surface area contributed by atoms with E-state index in [9.17, 15) is 9.90 Å². The van der Waals surface area contributed by atoms with E-state index in [0.29, 0.717) is 18.0 Å². The zero-order valence-corrected chi connectivity index (χ0v) is 11.9. The van der Waals surface area contributed by atoms with E-state index in [2.05, 4.69) is 0 Å². The molecule has 0 fully saturated rings. The van der Waals surface area contributed by atoms with Crippen LogP contribution in [0.15, 0.2) is 18.2 Å². The number of aliphatic carboxylic acids is 1. The number of halogens is 1. The maximum absolute atomic E-state index is 11.3. The van der Waals surface area contributed by atoms with Crippen molar-refractivity contribution in [2.24, 2.45) is 0 Å². The van der Waals surface area contributed by atoms with Gasteiger partial charge < -0.3 is 10.0 Å². The second-order valence-corrected chi connectivity index (χ2v) is 4.80. The fraction of sp³-hybridized carbons (Fsp3) is 0.500. The summed E-state index contributed by atoms with van der Waals surface area (Å²) >= 11 is 6.11. The average Bonchev–Trinajstić information content (AvgIpc) is 2.32. The predicted molar refractivity (Wildman–Crippen MR) is 75.5 cm³/mol. The van der Waals surface area contributed by atoms with Gasteiger partial charge in [0.2, 0.25) is 0 Å². The summed E-state index contributed by atoms with van der Waals surface area (Å²) in [7, 11) is 0. The van der Waals surface area contributed by atoms with Crippen LogP contribution in [-0.4, -0.2) is 23.7 Å². The largest absolute Gasteiger partial charge is 0.480 e. The number of carbonyl (C=O) groups is 1. The molecule has 0 saturated heterocycles. The lowest BCUT2D eigenvalue weighted by Gasteiger charge is -2.30. The van der Waals surface area contributed by atoms with E-state index in [4.69, 9.17) is 11.6 Å². The third-order valence-corrected chi connectivity index (χ3v) is 3.41. The summed E-state index contributed by atoms with van der Waals surface area (Å²) in [5.41, 5.74) is 1.88. The molecule has 18 heavy (non-hydrogen) atoms. The second-order valence-electron chi connectivity index (χ2n) is 4.39. The molecule has 1 rings (SSSR count). The van der Waals surface area contributed by atoms with Crippen LogP contribution in [0.4, 0.5) is 5.69 Å². The Hall–Kier alpha value is -1.22. The van der Waals surface area contributed by atoms with Crippen LogP contribution < -0.4 is 4.90 Å². The number of rotatable bonds is 6. The Morgan fingerprint density at radius 2 is 2.11 bits per heavy atom. The molecule has 4 heteroatoms. The highest BCUT2D eigenvalue weighted by Crippen LogP contribution is 2.25. The number of hydrogen-bond acceptors (Lipinski definition) is 2. The minimum Gasteiger partial charge on any atom is -0.480 e. The molecule has 0 bridgehead atoms. The standard InChI is InChI=1S/C14H20ClNO2/c1-4-8-16(13(5-2)14(17)18)11-7-6-10(3)12(15)9-11/h6-7,9,13H,4-5,8H2,1-3H3,(H,17,18)/t13-/m0/s1. The van der Waals surface area contributed by atoms with Gasteiger partial charge in [-0.25, -0.2) is 4.79 Å². The van der Waals surface area contributed by atoms with Crippen LogP contribution in [0.2, 0.25) is 5.02 Å². The highest BCUT2D eigenvalue weighted by Gasteiger charge is 2.23. The van der Waals surface area contributed by atoms with E-state index < -0.39 is 12.0 Å². The SMILES string of the molecule is CCCN(c1ccc(C)c(Cl)c1)[C@@H](CC)C(=O)O. The van der Waals surface area contributed by atoms with Crippen LogP contribution in [0, 0.1) is 6.92 Å². The van der Waals surface area contributed by atoms with Crippen molar-refractivity contribution in [2.45, 2.75) is 39.7 Å². The van der Waals surface area contributed by atoms with Crippen LogP contribution in [-0.2, 0) is 4.79 Å². The van der Waals surface area contributed by atoms with E-state index in [1.807, 2.05) is 43.9 Å². The normalized spacial score (nSPS) is 12.2. The van der Waals surface area contributed by atoms with Gasteiger partial charge in [0.25, 0.3) is 0 Å². The number of anilines is 1. The molecule has 0 unspecified atom stereocenters. The summed E-state index contributed by atoms with van der Waals surface area (Å²) in [6.45, 7) is 6.57. The van der Waals surface area contributed by atoms with Gasteiger partial charge >= 0.3 is 5.97 Å². The van der Waals surface area contributed by atoms with E-state index in [-0.39, 0.29) is 0 Å². The smallest absolute Gasteiger partial charge is 0.326 e. The summed E-state index contributed by atoms with van der Waals surface area (Å²) in [4.78, 5) is 13.2. The van der Waals surface area contributed by atoms with Gasteiger partial charge in [-0.3, -0.25) is 0 Å².